The van der Waals surface area contributed by atoms with Crippen LogP contribution in [0.4, 0.5) is 5.88 Å². The topological polar surface area (TPSA) is 85.8 Å². The smallest absolute Gasteiger partial charge is 0.237 e. The highest BCUT2D eigenvalue weighted by atomic mass is 35.5. The van der Waals surface area contributed by atoms with Gasteiger partial charge in [0, 0.05) is 16.7 Å². The van der Waals surface area contributed by atoms with Gasteiger partial charge in [0.2, 0.25) is 11.8 Å². The SMILES string of the molecule is CC(C)c1cc(NC(=O)CSc2nnc(-c3ccc(Cl)cc3)n2Cc2ccccc2)on1. The van der Waals surface area contributed by atoms with E-state index in [2.05, 4.69) is 20.7 Å². The van der Waals surface area contributed by atoms with Gasteiger partial charge in [-0.3, -0.25) is 14.7 Å². The number of carbonyl (C=O) groups is 1. The zero-order valence-corrected chi connectivity index (χ0v) is 19.2. The summed E-state index contributed by atoms with van der Waals surface area (Å²) in [6.07, 6.45) is 0. The first kappa shape index (κ1) is 22.1. The number of nitrogens with one attached hydrogen (secondary N) is 1. The summed E-state index contributed by atoms with van der Waals surface area (Å²) < 4.78 is 7.19. The van der Waals surface area contributed by atoms with Crippen molar-refractivity contribution in [1.29, 1.82) is 0 Å². The third-order valence-corrected chi connectivity index (χ3v) is 5.94. The van der Waals surface area contributed by atoms with Crippen LogP contribution >= 0.6 is 23.4 Å². The monoisotopic (exact) mass is 467 g/mol. The Morgan fingerprint density at radius 1 is 1.12 bits per heavy atom. The van der Waals surface area contributed by atoms with Crippen molar-refractivity contribution in [2.45, 2.75) is 31.5 Å². The van der Waals surface area contributed by atoms with Crippen LogP contribution < -0.4 is 5.32 Å². The lowest BCUT2D eigenvalue weighted by Gasteiger charge is -2.10. The fraction of sp³-hybridized carbons (Fsp3) is 0.217. The average Bonchev–Trinajstić information content (AvgIpc) is 3.41. The van der Waals surface area contributed by atoms with Gasteiger partial charge in [-0.15, -0.1) is 10.2 Å². The molecule has 2 heterocycles. The van der Waals surface area contributed by atoms with Crippen LogP contribution in [0, 0.1) is 0 Å². The molecule has 0 bridgehead atoms. The summed E-state index contributed by atoms with van der Waals surface area (Å²) in [6.45, 7) is 4.60. The maximum Gasteiger partial charge on any atom is 0.237 e. The minimum Gasteiger partial charge on any atom is -0.338 e. The number of carbonyl (C=O) groups excluding carboxylic acids is 1. The van der Waals surface area contributed by atoms with E-state index in [-0.39, 0.29) is 17.6 Å². The first-order chi connectivity index (χ1) is 15.5. The summed E-state index contributed by atoms with van der Waals surface area (Å²) in [7, 11) is 0. The zero-order chi connectivity index (χ0) is 22.5. The number of nitrogens with zero attached hydrogens (tertiary/aromatic N) is 4. The average molecular weight is 468 g/mol. The van der Waals surface area contributed by atoms with Gasteiger partial charge in [0.25, 0.3) is 0 Å². The molecule has 0 atom stereocenters. The molecule has 4 aromatic rings. The van der Waals surface area contributed by atoms with Gasteiger partial charge in [-0.2, -0.15) is 0 Å². The molecule has 0 spiro atoms. The van der Waals surface area contributed by atoms with E-state index in [1.807, 2.05) is 73.0 Å². The molecule has 0 fully saturated rings. The van der Waals surface area contributed by atoms with Crippen molar-refractivity contribution < 1.29 is 9.32 Å². The first-order valence-electron chi connectivity index (χ1n) is 10.1. The number of aromatic nitrogens is 4. The molecule has 0 aliphatic heterocycles. The zero-order valence-electron chi connectivity index (χ0n) is 17.7. The summed E-state index contributed by atoms with van der Waals surface area (Å²) in [5.41, 5.74) is 2.80. The summed E-state index contributed by atoms with van der Waals surface area (Å²) in [5, 5.41) is 16.7. The highest BCUT2D eigenvalue weighted by molar-refractivity contribution is 7.99. The summed E-state index contributed by atoms with van der Waals surface area (Å²) in [6, 6.07) is 19.2. The standard InChI is InChI=1S/C23H22ClN5O2S/c1-15(2)19-12-21(31-28-19)25-20(30)14-32-23-27-26-22(17-8-10-18(24)11-9-17)29(23)13-16-6-4-3-5-7-16/h3-12,15H,13-14H2,1-2H3,(H,25,30). The largest absolute Gasteiger partial charge is 0.338 e. The third kappa shape index (κ3) is 5.38. The van der Waals surface area contributed by atoms with Gasteiger partial charge in [0.05, 0.1) is 18.0 Å². The van der Waals surface area contributed by atoms with Gasteiger partial charge >= 0.3 is 0 Å². The van der Waals surface area contributed by atoms with Gasteiger partial charge in [0.15, 0.2) is 11.0 Å². The molecule has 0 aliphatic carbocycles. The minimum absolute atomic E-state index is 0.158. The van der Waals surface area contributed by atoms with Crippen LogP contribution in [0.3, 0.4) is 0 Å². The molecule has 2 aromatic carbocycles. The van der Waals surface area contributed by atoms with Crippen LogP contribution in [0.25, 0.3) is 11.4 Å². The summed E-state index contributed by atoms with van der Waals surface area (Å²) in [5.74, 6) is 1.23. The number of hydrogen-bond donors (Lipinski definition) is 1. The Hall–Kier alpha value is -3.10. The lowest BCUT2D eigenvalue weighted by atomic mass is 10.1. The van der Waals surface area contributed by atoms with Crippen LogP contribution in [0.1, 0.15) is 31.0 Å². The van der Waals surface area contributed by atoms with Gasteiger partial charge in [-0.25, -0.2) is 0 Å². The fourth-order valence-electron chi connectivity index (χ4n) is 3.04. The normalized spacial score (nSPS) is 11.1. The molecule has 0 saturated carbocycles. The van der Waals surface area contributed by atoms with E-state index in [1.165, 1.54) is 11.8 Å². The van der Waals surface area contributed by atoms with E-state index in [0.29, 0.717) is 28.4 Å². The number of halogens is 1. The van der Waals surface area contributed by atoms with Crippen molar-refractivity contribution in [3.8, 4) is 11.4 Å². The quantitative estimate of drug-likeness (QED) is 0.345. The van der Waals surface area contributed by atoms with Gasteiger partial charge < -0.3 is 4.52 Å². The van der Waals surface area contributed by atoms with Crippen molar-refractivity contribution in [2.24, 2.45) is 0 Å². The molecule has 1 amide bonds. The number of anilines is 1. The van der Waals surface area contributed by atoms with Crippen molar-refractivity contribution in [1.82, 2.24) is 19.9 Å². The first-order valence-corrected chi connectivity index (χ1v) is 11.5. The van der Waals surface area contributed by atoms with Crippen LogP contribution in [0.2, 0.25) is 5.02 Å². The second-order valence-electron chi connectivity index (χ2n) is 7.49. The van der Waals surface area contributed by atoms with Crippen LogP contribution in [-0.4, -0.2) is 31.6 Å². The Kier molecular flexibility index (Phi) is 6.92. The summed E-state index contributed by atoms with van der Waals surface area (Å²) >= 11 is 7.35. The number of hydrogen-bond acceptors (Lipinski definition) is 6. The van der Waals surface area contributed by atoms with Crippen molar-refractivity contribution in [3.05, 3.63) is 76.9 Å². The van der Waals surface area contributed by atoms with E-state index in [1.54, 1.807) is 6.07 Å². The predicted molar refractivity (Wildman–Crippen MR) is 126 cm³/mol. The second kappa shape index (κ2) is 10.0. The van der Waals surface area contributed by atoms with Crippen LogP contribution in [-0.2, 0) is 11.3 Å². The molecule has 2 aromatic heterocycles. The van der Waals surface area contributed by atoms with Gasteiger partial charge in [-0.1, -0.05) is 72.7 Å². The maximum atomic E-state index is 12.5. The molecule has 0 saturated heterocycles. The second-order valence-corrected chi connectivity index (χ2v) is 8.87. The lowest BCUT2D eigenvalue weighted by Crippen LogP contribution is -2.14. The number of rotatable bonds is 8. The molecule has 7 nitrogen and oxygen atoms in total. The molecular formula is C23H22ClN5O2S. The molecule has 4 rings (SSSR count). The Labute approximate surface area is 195 Å². The van der Waals surface area contributed by atoms with Gasteiger partial charge in [-0.05, 0) is 35.7 Å². The molecule has 0 radical (unpaired) electrons. The molecule has 32 heavy (non-hydrogen) atoms. The number of benzene rings is 2. The predicted octanol–water partition coefficient (Wildman–Crippen LogP) is 5.49. The van der Waals surface area contributed by atoms with Crippen LogP contribution in [0.15, 0.2) is 70.3 Å². The highest BCUT2D eigenvalue weighted by Crippen LogP contribution is 2.26. The molecule has 0 unspecified atom stereocenters. The van der Waals surface area contributed by atoms with Crippen LogP contribution in [0.5, 0.6) is 0 Å². The van der Waals surface area contributed by atoms with Crippen molar-refractivity contribution in [2.75, 3.05) is 11.1 Å². The van der Waals surface area contributed by atoms with Gasteiger partial charge in [0.1, 0.15) is 0 Å². The molecule has 1 N–H and O–H groups in total. The fourth-order valence-corrected chi connectivity index (χ4v) is 3.90. The molecule has 9 heteroatoms. The van der Waals surface area contributed by atoms with Crippen molar-refractivity contribution in [3.63, 3.8) is 0 Å². The maximum absolute atomic E-state index is 12.5. The Morgan fingerprint density at radius 2 is 1.88 bits per heavy atom. The Bertz CT molecular complexity index is 1190. The number of amides is 1. The van der Waals surface area contributed by atoms with E-state index in [4.69, 9.17) is 16.1 Å². The Balaban J connectivity index is 1.52. The van der Waals surface area contributed by atoms with E-state index >= 15 is 0 Å². The lowest BCUT2D eigenvalue weighted by molar-refractivity contribution is -0.113. The Morgan fingerprint density at radius 3 is 2.56 bits per heavy atom. The van der Waals surface area contributed by atoms with E-state index in [9.17, 15) is 4.79 Å². The van der Waals surface area contributed by atoms with Crippen molar-refractivity contribution >= 4 is 35.2 Å². The molecule has 164 valence electrons. The molecule has 0 aliphatic rings. The number of thioether (sulfide) groups is 1. The molecular weight excluding hydrogens is 446 g/mol. The minimum atomic E-state index is -0.205. The van der Waals surface area contributed by atoms with E-state index < -0.39 is 0 Å². The third-order valence-electron chi connectivity index (χ3n) is 4.72. The summed E-state index contributed by atoms with van der Waals surface area (Å²) in [4.78, 5) is 12.5. The highest BCUT2D eigenvalue weighted by Gasteiger charge is 2.17. The van der Waals surface area contributed by atoms with E-state index in [0.717, 1.165) is 16.8 Å².